The zero-order chi connectivity index (χ0) is 18.5. The van der Waals surface area contributed by atoms with Gasteiger partial charge in [0.15, 0.2) is 0 Å². The van der Waals surface area contributed by atoms with Crippen molar-refractivity contribution in [1.29, 1.82) is 0 Å². The fourth-order valence-corrected chi connectivity index (χ4v) is 2.62. The molecule has 0 aliphatic carbocycles. The van der Waals surface area contributed by atoms with Crippen LogP contribution in [0.5, 0.6) is 5.75 Å². The Balaban J connectivity index is 1.64. The number of aromatic nitrogens is 1. The second-order valence-electron chi connectivity index (χ2n) is 5.48. The number of nitro groups is 1. The minimum absolute atomic E-state index is 0.0516. The number of phenols is 1. The standard InChI is InChI=1S/C18H15ClN4O3/c19-13-1-3-15-16(5-6-21-17(15)10-13)22-8-7-20-11-12-9-14(23(25)26)2-4-18(12)24/h1-6,9-11,24H,7-8H2,(H,21,22). The van der Waals surface area contributed by atoms with E-state index in [1.54, 1.807) is 18.3 Å². The van der Waals surface area contributed by atoms with Gasteiger partial charge in [0.2, 0.25) is 0 Å². The second-order valence-corrected chi connectivity index (χ2v) is 5.92. The van der Waals surface area contributed by atoms with Crippen LogP contribution in [0.25, 0.3) is 10.9 Å². The molecule has 2 N–H and O–H groups in total. The summed E-state index contributed by atoms with van der Waals surface area (Å²) in [6.45, 7) is 0.980. The van der Waals surface area contributed by atoms with Gasteiger partial charge in [0, 0.05) is 52.7 Å². The first kappa shape index (κ1) is 17.6. The largest absolute Gasteiger partial charge is 0.507 e. The lowest BCUT2D eigenvalue weighted by atomic mass is 10.2. The van der Waals surface area contributed by atoms with E-state index in [2.05, 4.69) is 15.3 Å². The maximum atomic E-state index is 10.8. The fourth-order valence-electron chi connectivity index (χ4n) is 2.45. The summed E-state index contributed by atoms with van der Waals surface area (Å²) in [5.41, 5.74) is 1.93. The number of fused-ring (bicyclic) bond motifs is 1. The van der Waals surface area contributed by atoms with E-state index in [1.807, 2.05) is 12.1 Å². The van der Waals surface area contributed by atoms with Gasteiger partial charge in [-0.1, -0.05) is 11.6 Å². The molecule has 0 atom stereocenters. The first-order chi connectivity index (χ1) is 12.5. The Kier molecular flexibility index (Phi) is 5.28. The van der Waals surface area contributed by atoms with Crippen molar-refractivity contribution < 1.29 is 10.0 Å². The number of halogens is 1. The van der Waals surface area contributed by atoms with E-state index in [0.29, 0.717) is 23.7 Å². The van der Waals surface area contributed by atoms with Crippen molar-refractivity contribution in [3.05, 3.63) is 69.4 Å². The van der Waals surface area contributed by atoms with Crippen molar-refractivity contribution in [2.24, 2.45) is 4.99 Å². The third kappa shape index (κ3) is 4.07. The van der Waals surface area contributed by atoms with Crippen LogP contribution in [0.4, 0.5) is 11.4 Å². The number of benzene rings is 2. The maximum absolute atomic E-state index is 10.8. The zero-order valence-corrected chi connectivity index (χ0v) is 14.3. The van der Waals surface area contributed by atoms with E-state index < -0.39 is 4.92 Å². The van der Waals surface area contributed by atoms with Crippen LogP contribution >= 0.6 is 11.6 Å². The van der Waals surface area contributed by atoms with Crippen LogP contribution < -0.4 is 5.32 Å². The van der Waals surface area contributed by atoms with Crippen molar-refractivity contribution in [2.75, 3.05) is 18.4 Å². The van der Waals surface area contributed by atoms with Gasteiger partial charge in [0.1, 0.15) is 5.75 Å². The number of phenolic OH excluding ortho intramolecular Hbond substituents is 1. The molecular formula is C18H15ClN4O3. The van der Waals surface area contributed by atoms with Gasteiger partial charge in [-0.05, 0) is 30.3 Å². The van der Waals surface area contributed by atoms with Gasteiger partial charge in [0.05, 0.1) is 17.0 Å². The number of hydrogen-bond acceptors (Lipinski definition) is 6. The Morgan fingerprint density at radius 3 is 2.92 bits per heavy atom. The molecule has 0 spiro atoms. The Bertz CT molecular complexity index is 991. The molecule has 0 fully saturated rings. The molecule has 8 heteroatoms. The molecule has 3 aromatic rings. The highest BCUT2D eigenvalue weighted by atomic mass is 35.5. The van der Waals surface area contributed by atoms with Crippen molar-refractivity contribution in [1.82, 2.24) is 4.98 Å². The monoisotopic (exact) mass is 370 g/mol. The Morgan fingerprint density at radius 1 is 1.27 bits per heavy atom. The number of aromatic hydroxyl groups is 1. The van der Waals surface area contributed by atoms with E-state index in [9.17, 15) is 15.2 Å². The van der Waals surface area contributed by atoms with Gasteiger partial charge in [-0.3, -0.25) is 20.1 Å². The second kappa shape index (κ2) is 7.79. The molecule has 132 valence electrons. The summed E-state index contributed by atoms with van der Waals surface area (Å²) in [5.74, 6) is -0.0516. The van der Waals surface area contributed by atoms with Gasteiger partial charge in [-0.2, -0.15) is 0 Å². The van der Waals surface area contributed by atoms with E-state index in [1.165, 1.54) is 24.4 Å². The summed E-state index contributed by atoms with van der Waals surface area (Å²) in [6, 6.07) is 11.2. The number of anilines is 1. The SMILES string of the molecule is O=[N+]([O-])c1ccc(O)c(C=NCCNc2ccnc3cc(Cl)ccc23)c1. The van der Waals surface area contributed by atoms with E-state index in [0.717, 1.165) is 16.6 Å². The summed E-state index contributed by atoms with van der Waals surface area (Å²) in [7, 11) is 0. The molecule has 0 bridgehead atoms. The Hall–Kier alpha value is -3.19. The molecule has 0 unspecified atom stereocenters. The molecule has 1 aromatic heterocycles. The first-order valence-corrected chi connectivity index (χ1v) is 8.18. The van der Waals surface area contributed by atoms with Crippen LogP contribution in [-0.4, -0.2) is 34.3 Å². The molecule has 2 aromatic carbocycles. The van der Waals surface area contributed by atoms with Crippen LogP contribution in [0.3, 0.4) is 0 Å². The van der Waals surface area contributed by atoms with Crippen LogP contribution in [0.15, 0.2) is 53.7 Å². The van der Waals surface area contributed by atoms with Gasteiger partial charge in [0.25, 0.3) is 5.69 Å². The van der Waals surface area contributed by atoms with Crippen LogP contribution in [0.2, 0.25) is 5.02 Å². The molecule has 0 saturated heterocycles. The highest BCUT2D eigenvalue weighted by Crippen LogP contribution is 2.24. The third-order valence-corrected chi connectivity index (χ3v) is 3.95. The van der Waals surface area contributed by atoms with E-state index >= 15 is 0 Å². The summed E-state index contributed by atoms with van der Waals surface area (Å²) in [6.07, 6.45) is 3.12. The molecule has 7 nitrogen and oxygen atoms in total. The predicted octanol–water partition coefficient (Wildman–Crippen LogP) is 4.03. The Labute approximate surface area is 154 Å². The molecule has 0 aliphatic rings. The van der Waals surface area contributed by atoms with Gasteiger partial charge in [-0.15, -0.1) is 0 Å². The molecule has 3 rings (SSSR count). The minimum atomic E-state index is -0.515. The Morgan fingerprint density at radius 2 is 2.12 bits per heavy atom. The number of non-ortho nitro benzene ring substituents is 1. The van der Waals surface area contributed by atoms with Crippen molar-refractivity contribution in [2.45, 2.75) is 0 Å². The lowest BCUT2D eigenvalue weighted by molar-refractivity contribution is -0.384. The number of nitrogens with one attached hydrogen (secondary N) is 1. The van der Waals surface area contributed by atoms with Gasteiger partial charge < -0.3 is 10.4 Å². The summed E-state index contributed by atoms with van der Waals surface area (Å²) >= 11 is 5.98. The zero-order valence-electron chi connectivity index (χ0n) is 13.6. The summed E-state index contributed by atoms with van der Waals surface area (Å²) in [5, 5.41) is 25.4. The summed E-state index contributed by atoms with van der Waals surface area (Å²) < 4.78 is 0. The normalized spacial score (nSPS) is 11.1. The van der Waals surface area contributed by atoms with Crippen molar-refractivity contribution in [3.8, 4) is 5.75 Å². The van der Waals surface area contributed by atoms with Crippen molar-refractivity contribution in [3.63, 3.8) is 0 Å². The predicted molar refractivity (Wildman–Crippen MR) is 102 cm³/mol. The lowest BCUT2D eigenvalue weighted by Gasteiger charge is -2.08. The quantitative estimate of drug-likeness (QED) is 0.295. The molecule has 26 heavy (non-hydrogen) atoms. The number of hydrogen-bond donors (Lipinski definition) is 2. The van der Waals surface area contributed by atoms with Crippen LogP contribution in [-0.2, 0) is 0 Å². The van der Waals surface area contributed by atoms with Gasteiger partial charge >= 0.3 is 0 Å². The minimum Gasteiger partial charge on any atom is -0.507 e. The van der Waals surface area contributed by atoms with Gasteiger partial charge in [-0.25, -0.2) is 0 Å². The molecule has 0 aliphatic heterocycles. The van der Waals surface area contributed by atoms with Crippen LogP contribution in [0.1, 0.15) is 5.56 Å². The molecular weight excluding hydrogens is 356 g/mol. The maximum Gasteiger partial charge on any atom is 0.270 e. The average molecular weight is 371 g/mol. The highest BCUT2D eigenvalue weighted by Gasteiger charge is 2.08. The van der Waals surface area contributed by atoms with Crippen LogP contribution in [0, 0.1) is 10.1 Å². The first-order valence-electron chi connectivity index (χ1n) is 7.80. The summed E-state index contributed by atoms with van der Waals surface area (Å²) in [4.78, 5) is 18.8. The van der Waals surface area contributed by atoms with E-state index in [-0.39, 0.29) is 11.4 Å². The molecule has 0 saturated carbocycles. The number of rotatable bonds is 6. The number of nitro benzene ring substituents is 1. The molecule has 0 radical (unpaired) electrons. The topological polar surface area (TPSA) is 101 Å². The highest BCUT2D eigenvalue weighted by molar-refractivity contribution is 6.31. The smallest absolute Gasteiger partial charge is 0.270 e. The van der Waals surface area contributed by atoms with E-state index in [4.69, 9.17) is 11.6 Å². The fraction of sp³-hybridized carbons (Fsp3) is 0.111. The average Bonchev–Trinajstić information content (AvgIpc) is 2.62. The number of pyridine rings is 1. The number of nitrogens with zero attached hydrogens (tertiary/aromatic N) is 3. The van der Waals surface area contributed by atoms with Crippen molar-refractivity contribution >= 4 is 40.1 Å². The number of aliphatic imine (C=N–C) groups is 1. The lowest BCUT2D eigenvalue weighted by Crippen LogP contribution is -2.05. The third-order valence-electron chi connectivity index (χ3n) is 3.71. The molecule has 0 amide bonds. The molecule has 1 heterocycles.